The van der Waals surface area contributed by atoms with Crippen LogP contribution in [0.2, 0.25) is 0 Å². The fourth-order valence-electron chi connectivity index (χ4n) is 2.36. The predicted octanol–water partition coefficient (Wildman–Crippen LogP) is 1.69. The standard InChI is InChI=1S/C15H17N3O2/c1-19-13-4-3-10(5-14(13)20-2)6-15-17-8-11-7-16-9-12(11)18-15/h3-5,8,16H,6-7,9H2,1-2H3. The van der Waals surface area contributed by atoms with Crippen molar-refractivity contribution in [3.63, 3.8) is 0 Å². The van der Waals surface area contributed by atoms with Gasteiger partial charge in [0.1, 0.15) is 5.82 Å². The number of rotatable bonds is 4. The number of methoxy groups -OCH3 is 2. The molecule has 0 amide bonds. The molecule has 2 heterocycles. The van der Waals surface area contributed by atoms with Gasteiger partial charge in [-0.05, 0) is 17.7 Å². The van der Waals surface area contributed by atoms with Gasteiger partial charge in [-0.15, -0.1) is 0 Å². The van der Waals surface area contributed by atoms with Crippen molar-refractivity contribution >= 4 is 0 Å². The summed E-state index contributed by atoms with van der Waals surface area (Å²) in [6, 6.07) is 5.88. The van der Waals surface area contributed by atoms with Gasteiger partial charge in [0, 0.05) is 31.3 Å². The lowest BCUT2D eigenvalue weighted by molar-refractivity contribution is 0.354. The topological polar surface area (TPSA) is 56.3 Å². The highest BCUT2D eigenvalue weighted by atomic mass is 16.5. The largest absolute Gasteiger partial charge is 0.493 e. The Kier molecular flexibility index (Phi) is 3.52. The summed E-state index contributed by atoms with van der Waals surface area (Å²) in [6.07, 6.45) is 2.60. The van der Waals surface area contributed by atoms with Crippen LogP contribution in [0.3, 0.4) is 0 Å². The monoisotopic (exact) mass is 271 g/mol. The van der Waals surface area contributed by atoms with E-state index in [1.54, 1.807) is 14.2 Å². The third kappa shape index (κ3) is 2.44. The lowest BCUT2D eigenvalue weighted by Crippen LogP contribution is -2.02. The third-order valence-electron chi connectivity index (χ3n) is 3.42. The van der Waals surface area contributed by atoms with Crippen molar-refractivity contribution in [2.24, 2.45) is 0 Å². The maximum absolute atomic E-state index is 5.31. The molecule has 0 atom stereocenters. The van der Waals surface area contributed by atoms with Crippen LogP contribution in [0.5, 0.6) is 11.5 Å². The van der Waals surface area contributed by atoms with E-state index in [1.807, 2.05) is 24.4 Å². The Balaban J connectivity index is 1.84. The van der Waals surface area contributed by atoms with E-state index in [4.69, 9.17) is 9.47 Å². The molecule has 0 aliphatic carbocycles. The highest BCUT2D eigenvalue weighted by Gasteiger charge is 2.13. The SMILES string of the molecule is COc1ccc(Cc2ncc3c(n2)CNC3)cc1OC. The number of benzene rings is 1. The second-order valence-electron chi connectivity index (χ2n) is 4.73. The van der Waals surface area contributed by atoms with Crippen LogP contribution >= 0.6 is 0 Å². The van der Waals surface area contributed by atoms with E-state index in [2.05, 4.69) is 15.3 Å². The number of hydrogen-bond donors (Lipinski definition) is 1. The summed E-state index contributed by atoms with van der Waals surface area (Å²) in [7, 11) is 3.27. The Morgan fingerprint density at radius 2 is 2.00 bits per heavy atom. The average molecular weight is 271 g/mol. The molecule has 104 valence electrons. The molecule has 1 aromatic heterocycles. The van der Waals surface area contributed by atoms with Gasteiger partial charge in [0.25, 0.3) is 0 Å². The molecule has 5 nitrogen and oxygen atoms in total. The van der Waals surface area contributed by atoms with Gasteiger partial charge in [0.15, 0.2) is 11.5 Å². The zero-order chi connectivity index (χ0) is 13.9. The maximum atomic E-state index is 5.31. The second kappa shape index (κ2) is 5.46. The summed E-state index contributed by atoms with van der Waals surface area (Å²) in [6.45, 7) is 1.70. The van der Waals surface area contributed by atoms with Crippen molar-refractivity contribution in [1.82, 2.24) is 15.3 Å². The predicted molar refractivity (Wildman–Crippen MR) is 74.9 cm³/mol. The van der Waals surface area contributed by atoms with Gasteiger partial charge in [-0.2, -0.15) is 0 Å². The quantitative estimate of drug-likeness (QED) is 0.917. The van der Waals surface area contributed by atoms with E-state index < -0.39 is 0 Å². The minimum Gasteiger partial charge on any atom is -0.493 e. The molecule has 2 aromatic rings. The van der Waals surface area contributed by atoms with Gasteiger partial charge in [0.05, 0.1) is 19.9 Å². The Hall–Kier alpha value is -2.14. The summed E-state index contributed by atoms with van der Waals surface area (Å²) >= 11 is 0. The Labute approximate surface area is 118 Å². The summed E-state index contributed by atoms with van der Waals surface area (Å²) in [4.78, 5) is 9.02. The zero-order valence-corrected chi connectivity index (χ0v) is 11.6. The molecule has 1 aliphatic heterocycles. The number of fused-ring (bicyclic) bond motifs is 1. The van der Waals surface area contributed by atoms with Crippen molar-refractivity contribution < 1.29 is 9.47 Å². The lowest BCUT2D eigenvalue weighted by Gasteiger charge is -2.09. The van der Waals surface area contributed by atoms with Crippen LogP contribution < -0.4 is 14.8 Å². The maximum Gasteiger partial charge on any atom is 0.161 e. The van der Waals surface area contributed by atoms with Crippen molar-refractivity contribution in [2.45, 2.75) is 19.5 Å². The van der Waals surface area contributed by atoms with Crippen LogP contribution in [0.4, 0.5) is 0 Å². The first-order chi connectivity index (χ1) is 9.80. The number of ether oxygens (including phenoxy) is 2. The number of aromatic nitrogens is 2. The van der Waals surface area contributed by atoms with E-state index in [0.29, 0.717) is 6.42 Å². The lowest BCUT2D eigenvalue weighted by atomic mass is 10.1. The highest BCUT2D eigenvalue weighted by molar-refractivity contribution is 5.43. The fourth-order valence-corrected chi connectivity index (χ4v) is 2.36. The Morgan fingerprint density at radius 1 is 1.15 bits per heavy atom. The van der Waals surface area contributed by atoms with E-state index >= 15 is 0 Å². The molecular weight excluding hydrogens is 254 g/mol. The van der Waals surface area contributed by atoms with Crippen LogP contribution in [-0.2, 0) is 19.5 Å². The molecule has 1 aromatic carbocycles. The molecule has 3 rings (SSSR count). The Bertz CT molecular complexity index is 629. The van der Waals surface area contributed by atoms with E-state index in [9.17, 15) is 0 Å². The third-order valence-corrected chi connectivity index (χ3v) is 3.42. The first kappa shape index (κ1) is 12.9. The minimum absolute atomic E-state index is 0.688. The Morgan fingerprint density at radius 3 is 2.80 bits per heavy atom. The second-order valence-corrected chi connectivity index (χ2v) is 4.73. The molecule has 1 N–H and O–H groups in total. The van der Waals surface area contributed by atoms with Crippen LogP contribution in [0, 0.1) is 0 Å². The first-order valence-electron chi connectivity index (χ1n) is 6.55. The van der Waals surface area contributed by atoms with Gasteiger partial charge < -0.3 is 14.8 Å². The van der Waals surface area contributed by atoms with Gasteiger partial charge in [-0.1, -0.05) is 6.07 Å². The molecule has 5 heteroatoms. The molecule has 0 bridgehead atoms. The smallest absolute Gasteiger partial charge is 0.161 e. The van der Waals surface area contributed by atoms with Gasteiger partial charge in [-0.3, -0.25) is 0 Å². The van der Waals surface area contributed by atoms with Crippen molar-refractivity contribution in [1.29, 1.82) is 0 Å². The molecule has 0 radical (unpaired) electrons. The van der Waals surface area contributed by atoms with Crippen LogP contribution in [0.25, 0.3) is 0 Å². The molecule has 0 fully saturated rings. The molecule has 0 saturated carbocycles. The van der Waals surface area contributed by atoms with E-state index in [1.165, 1.54) is 5.56 Å². The molecular formula is C15H17N3O2. The van der Waals surface area contributed by atoms with Crippen LogP contribution in [0.15, 0.2) is 24.4 Å². The molecule has 0 unspecified atom stereocenters. The van der Waals surface area contributed by atoms with Gasteiger partial charge >= 0.3 is 0 Å². The summed E-state index contributed by atoms with van der Waals surface area (Å²) < 4.78 is 10.6. The molecule has 0 saturated heterocycles. The number of nitrogens with one attached hydrogen (secondary N) is 1. The molecule has 0 spiro atoms. The summed E-state index contributed by atoms with van der Waals surface area (Å²) in [5, 5.41) is 3.27. The van der Waals surface area contributed by atoms with E-state index in [-0.39, 0.29) is 0 Å². The fraction of sp³-hybridized carbons (Fsp3) is 0.333. The van der Waals surface area contributed by atoms with E-state index in [0.717, 1.165) is 41.7 Å². The summed E-state index contributed by atoms with van der Waals surface area (Å²) in [5.74, 6) is 2.29. The average Bonchev–Trinajstić information content (AvgIpc) is 2.94. The minimum atomic E-state index is 0.688. The first-order valence-corrected chi connectivity index (χ1v) is 6.55. The van der Waals surface area contributed by atoms with Crippen molar-refractivity contribution in [2.75, 3.05) is 14.2 Å². The normalized spacial score (nSPS) is 13.1. The molecule has 20 heavy (non-hydrogen) atoms. The van der Waals surface area contributed by atoms with Crippen molar-refractivity contribution in [3.05, 3.63) is 47.0 Å². The van der Waals surface area contributed by atoms with Crippen LogP contribution in [0.1, 0.15) is 22.6 Å². The highest BCUT2D eigenvalue weighted by Crippen LogP contribution is 2.28. The number of nitrogens with zero attached hydrogens (tertiary/aromatic N) is 2. The molecule has 1 aliphatic rings. The van der Waals surface area contributed by atoms with Crippen LogP contribution in [-0.4, -0.2) is 24.2 Å². The van der Waals surface area contributed by atoms with Crippen molar-refractivity contribution in [3.8, 4) is 11.5 Å². The van der Waals surface area contributed by atoms with Gasteiger partial charge in [0.2, 0.25) is 0 Å². The van der Waals surface area contributed by atoms with Gasteiger partial charge in [-0.25, -0.2) is 9.97 Å². The zero-order valence-electron chi connectivity index (χ0n) is 11.6. The summed E-state index contributed by atoms with van der Waals surface area (Å²) in [5.41, 5.74) is 3.41. The number of hydrogen-bond acceptors (Lipinski definition) is 5.